The van der Waals surface area contributed by atoms with Gasteiger partial charge in [0.15, 0.2) is 0 Å². The quantitative estimate of drug-likeness (QED) is 0.0338. The highest BCUT2D eigenvalue weighted by Gasteiger charge is 2.32. The van der Waals surface area contributed by atoms with Crippen LogP contribution in [-0.4, -0.2) is 48.7 Å². The van der Waals surface area contributed by atoms with E-state index >= 15 is 0 Å². The van der Waals surface area contributed by atoms with Gasteiger partial charge in [-0.1, -0.05) is 117 Å². The average Bonchev–Trinajstić information content (AvgIpc) is 2.96. The van der Waals surface area contributed by atoms with Gasteiger partial charge in [-0.15, -0.1) is 0 Å². The van der Waals surface area contributed by atoms with Crippen LogP contribution < -0.4 is 26.8 Å². The first-order chi connectivity index (χ1) is 20.3. The molecular weight excluding hydrogens is 516 g/mol. The molecule has 1 aliphatic carbocycles. The number of nitrogens with one attached hydrogen (secondary N) is 5. The summed E-state index contributed by atoms with van der Waals surface area (Å²) in [5, 5.41) is 14.3. The number of rotatable bonds is 29. The summed E-state index contributed by atoms with van der Waals surface area (Å²) in [7, 11) is 0. The minimum atomic E-state index is -0.167. The highest BCUT2D eigenvalue weighted by Crippen LogP contribution is 2.19. The molecule has 42 heavy (non-hydrogen) atoms. The lowest BCUT2D eigenvalue weighted by Crippen LogP contribution is -2.70. The molecule has 0 aromatic rings. The number of unbranched alkanes of at least 4 members (excludes halogenated alkanes) is 13. The maximum atomic E-state index is 3.98. The summed E-state index contributed by atoms with van der Waals surface area (Å²) in [5.74, 6) is -0.167. The van der Waals surface area contributed by atoms with Crippen molar-refractivity contribution in [2.24, 2.45) is 0 Å². The first-order valence-electron chi connectivity index (χ1n) is 18.9. The molecule has 252 valence electrons. The minimum Gasteiger partial charge on any atom is -0.287 e. The van der Waals surface area contributed by atoms with Crippen LogP contribution in [0.4, 0.5) is 0 Å². The highest BCUT2D eigenvalue weighted by atomic mass is 15.7. The summed E-state index contributed by atoms with van der Waals surface area (Å²) in [6.45, 7) is 18.2. The fraction of sp³-hybridized carbons (Fsp3) is 1.00. The van der Waals surface area contributed by atoms with Crippen LogP contribution in [0.1, 0.15) is 189 Å². The Bertz CT molecular complexity index is 574. The van der Waals surface area contributed by atoms with Crippen molar-refractivity contribution in [3.8, 4) is 0 Å². The van der Waals surface area contributed by atoms with E-state index in [1.165, 1.54) is 141 Å². The van der Waals surface area contributed by atoms with Crippen LogP contribution in [0.15, 0.2) is 0 Å². The van der Waals surface area contributed by atoms with Crippen LogP contribution in [0, 0.1) is 0 Å². The predicted molar refractivity (Wildman–Crippen MR) is 186 cm³/mol. The first kappa shape index (κ1) is 39.8. The van der Waals surface area contributed by atoms with Crippen molar-refractivity contribution in [1.82, 2.24) is 31.9 Å². The van der Waals surface area contributed by atoms with Gasteiger partial charge in [-0.2, -0.15) is 5.12 Å². The maximum Gasteiger partial charge on any atom is 0.123 e. The number of hydrazine groups is 2. The van der Waals surface area contributed by atoms with Crippen LogP contribution in [-0.2, 0) is 0 Å². The molecule has 0 bridgehead atoms. The van der Waals surface area contributed by atoms with Gasteiger partial charge in [0.05, 0.1) is 0 Å². The van der Waals surface area contributed by atoms with Crippen LogP contribution >= 0.6 is 0 Å². The molecule has 0 heterocycles. The molecule has 0 spiro atoms. The van der Waals surface area contributed by atoms with Gasteiger partial charge in [-0.3, -0.25) is 16.0 Å². The number of nitrogens with zero attached hydrogens (tertiary/aromatic N) is 1. The molecular formula is C36H78N6. The molecule has 1 unspecified atom stereocenters. The second-order valence-corrected chi connectivity index (χ2v) is 14.4. The summed E-state index contributed by atoms with van der Waals surface area (Å²) in [6, 6.07) is 0.661. The van der Waals surface area contributed by atoms with Gasteiger partial charge in [0.25, 0.3) is 0 Å². The zero-order valence-corrected chi connectivity index (χ0v) is 29.6. The van der Waals surface area contributed by atoms with E-state index in [1.54, 1.807) is 0 Å². The molecule has 5 N–H and O–H groups in total. The lowest BCUT2D eigenvalue weighted by atomic mass is 9.96. The summed E-state index contributed by atoms with van der Waals surface area (Å²) >= 11 is 0. The van der Waals surface area contributed by atoms with Crippen LogP contribution in [0.3, 0.4) is 0 Å². The van der Waals surface area contributed by atoms with E-state index in [-0.39, 0.29) is 11.3 Å². The molecule has 0 amide bonds. The van der Waals surface area contributed by atoms with E-state index in [2.05, 4.69) is 73.5 Å². The molecule has 1 aliphatic rings. The average molecular weight is 595 g/mol. The van der Waals surface area contributed by atoms with Gasteiger partial charge in [0, 0.05) is 24.7 Å². The summed E-state index contributed by atoms with van der Waals surface area (Å²) in [5.41, 5.74) is 7.67. The Morgan fingerprint density at radius 2 is 1.07 bits per heavy atom. The molecule has 0 saturated heterocycles. The van der Waals surface area contributed by atoms with Crippen molar-refractivity contribution in [1.29, 1.82) is 0 Å². The zero-order chi connectivity index (χ0) is 30.8. The van der Waals surface area contributed by atoms with Gasteiger partial charge in [0.1, 0.15) is 5.79 Å². The van der Waals surface area contributed by atoms with Gasteiger partial charge in [-0.05, 0) is 85.2 Å². The van der Waals surface area contributed by atoms with E-state index in [9.17, 15) is 0 Å². The Morgan fingerprint density at radius 3 is 1.71 bits per heavy atom. The fourth-order valence-electron chi connectivity index (χ4n) is 6.33. The zero-order valence-electron chi connectivity index (χ0n) is 29.6. The topological polar surface area (TPSA) is 63.4 Å². The third-order valence-corrected chi connectivity index (χ3v) is 8.71. The molecule has 0 aromatic carbocycles. The van der Waals surface area contributed by atoms with Crippen molar-refractivity contribution in [3.05, 3.63) is 0 Å². The maximum absolute atomic E-state index is 3.98. The van der Waals surface area contributed by atoms with Crippen molar-refractivity contribution < 1.29 is 0 Å². The Kier molecular flexibility index (Phi) is 24.7. The third-order valence-electron chi connectivity index (χ3n) is 8.71. The molecule has 0 aromatic heterocycles. The van der Waals surface area contributed by atoms with E-state index in [0.717, 1.165) is 32.6 Å². The fourth-order valence-corrected chi connectivity index (χ4v) is 6.33. The largest absolute Gasteiger partial charge is 0.287 e. The summed E-state index contributed by atoms with van der Waals surface area (Å²) in [6.07, 6.45) is 30.2. The molecule has 0 aliphatic heterocycles. The Morgan fingerprint density at radius 1 is 0.571 bits per heavy atom. The van der Waals surface area contributed by atoms with Gasteiger partial charge in [0.2, 0.25) is 0 Å². The monoisotopic (exact) mass is 595 g/mol. The molecule has 6 heteroatoms. The number of hydrogen-bond donors (Lipinski definition) is 5. The number of hydrogen-bond acceptors (Lipinski definition) is 6. The van der Waals surface area contributed by atoms with E-state index in [4.69, 9.17) is 0 Å². The highest BCUT2D eigenvalue weighted by molar-refractivity contribution is 4.89. The van der Waals surface area contributed by atoms with Crippen LogP contribution in [0.5, 0.6) is 0 Å². The summed E-state index contributed by atoms with van der Waals surface area (Å²) < 4.78 is 0. The second kappa shape index (κ2) is 26.0. The molecule has 1 fully saturated rings. The normalized spacial score (nSPS) is 16.4. The molecule has 0 radical (unpaired) electrons. The Labute approximate surface area is 264 Å². The van der Waals surface area contributed by atoms with E-state index < -0.39 is 0 Å². The summed E-state index contributed by atoms with van der Waals surface area (Å²) in [4.78, 5) is 0. The lowest BCUT2D eigenvalue weighted by molar-refractivity contribution is 0.0755. The first-order valence-corrected chi connectivity index (χ1v) is 18.9. The van der Waals surface area contributed by atoms with Gasteiger partial charge >= 0.3 is 0 Å². The van der Waals surface area contributed by atoms with Crippen molar-refractivity contribution in [2.75, 3.05) is 26.2 Å². The Hall–Kier alpha value is -0.240. The molecule has 1 saturated carbocycles. The predicted octanol–water partition coefficient (Wildman–Crippen LogP) is 8.93. The smallest absolute Gasteiger partial charge is 0.123 e. The molecule has 1 atom stereocenters. The molecule has 6 nitrogen and oxygen atoms in total. The second-order valence-electron chi connectivity index (χ2n) is 14.4. The standard InChI is InChI=1S/C36H78N6/c1-7-10-13-17-25-32-39-42(40-34-27-20-19-21-28-34)33-26-18-15-16-22-29-36(41-35(4,5)6,37-30-23-12-9-3)38-31-24-14-11-8-2/h34,37-41H,7-33H2,1-6H3. The molecule has 1 rings (SSSR count). The van der Waals surface area contributed by atoms with Crippen molar-refractivity contribution in [2.45, 2.75) is 207 Å². The minimum absolute atomic E-state index is 0.0615. The van der Waals surface area contributed by atoms with Crippen LogP contribution in [0.2, 0.25) is 0 Å². The third kappa shape index (κ3) is 22.3. The van der Waals surface area contributed by atoms with Gasteiger partial charge < -0.3 is 0 Å². The van der Waals surface area contributed by atoms with Crippen molar-refractivity contribution >= 4 is 0 Å². The SMILES string of the molecule is CCCCCCCNN(CCCCCCCC(NCCCCC)(NCCCCCC)NC(C)(C)C)NC1CCCCC1. The Balaban J connectivity index is 2.51. The van der Waals surface area contributed by atoms with E-state index in [0.29, 0.717) is 6.04 Å². The van der Waals surface area contributed by atoms with Crippen molar-refractivity contribution in [3.63, 3.8) is 0 Å². The van der Waals surface area contributed by atoms with Gasteiger partial charge in [-0.25, -0.2) is 10.9 Å². The van der Waals surface area contributed by atoms with Crippen LogP contribution in [0.25, 0.3) is 0 Å². The van der Waals surface area contributed by atoms with E-state index in [1.807, 2.05) is 0 Å². The lowest BCUT2D eigenvalue weighted by Gasteiger charge is -2.42.